The molecule has 98 valence electrons. The summed E-state index contributed by atoms with van der Waals surface area (Å²) in [5.41, 5.74) is 2.19. The van der Waals surface area contributed by atoms with E-state index in [0.717, 1.165) is 24.1 Å². The van der Waals surface area contributed by atoms with E-state index in [1.54, 1.807) is 0 Å². The number of nitrogens with one attached hydrogen (secondary N) is 1. The molecule has 0 aromatic heterocycles. The molecule has 0 heterocycles. The fourth-order valence-electron chi connectivity index (χ4n) is 2.28. The average Bonchev–Trinajstić information content (AvgIpc) is 2.29. The normalized spacial score (nSPS) is 16.8. The molecular formula is C15H21NO2. The Bertz CT molecular complexity index is 413. The first-order chi connectivity index (χ1) is 8.72. The first kappa shape index (κ1) is 12.9. The molecule has 1 saturated carbocycles. The van der Waals surface area contributed by atoms with Crippen LogP contribution in [0.2, 0.25) is 0 Å². The summed E-state index contributed by atoms with van der Waals surface area (Å²) < 4.78 is 5.17. The van der Waals surface area contributed by atoms with E-state index in [4.69, 9.17) is 4.74 Å². The Balaban J connectivity index is 2.09. The number of anilines is 1. The Labute approximate surface area is 109 Å². The lowest BCUT2D eigenvalue weighted by Crippen LogP contribution is -2.41. The van der Waals surface area contributed by atoms with E-state index in [9.17, 15) is 4.79 Å². The van der Waals surface area contributed by atoms with E-state index >= 15 is 0 Å². The first-order valence-corrected chi connectivity index (χ1v) is 6.71. The second-order valence-corrected chi connectivity index (χ2v) is 4.88. The van der Waals surface area contributed by atoms with Crippen LogP contribution in [-0.4, -0.2) is 18.6 Å². The number of esters is 1. The average molecular weight is 247 g/mol. The van der Waals surface area contributed by atoms with Gasteiger partial charge in [0.05, 0.1) is 6.61 Å². The predicted octanol–water partition coefficient (Wildman–Crippen LogP) is 3.14. The molecule has 1 fully saturated rings. The van der Waals surface area contributed by atoms with Crippen LogP contribution in [0.5, 0.6) is 0 Å². The topological polar surface area (TPSA) is 38.3 Å². The zero-order valence-electron chi connectivity index (χ0n) is 11.1. The number of para-hydroxylation sites is 1. The highest BCUT2D eigenvalue weighted by Gasteiger charge is 2.33. The highest BCUT2D eigenvalue weighted by molar-refractivity contribution is 5.80. The van der Waals surface area contributed by atoms with E-state index in [2.05, 4.69) is 5.32 Å². The molecule has 2 rings (SSSR count). The number of carbonyl (C=O) groups excluding carboxylic acids is 1. The van der Waals surface area contributed by atoms with Gasteiger partial charge < -0.3 is 10.1 Å². The van der Waals surface area contributed by atoms with Crippen LogP contribution in [0.3, 0.4) is 0 Å². The van der Waals surface area contributed by atoms with Gasteiger partial charge in [0.25, 0.3) is 0 Å². The van der Waals surface area contributed by atoms with Crippen molar-refractivity contribution in [3.05, 3.63) is 29.8 Å². The van der Waals surface area contributed by atoms with Crippen molar-refractivity contribution >= 4 is 11.7 Å². The maximum atomic E-state index is 12.0. The monoisotopic (exact) mass is 247 g/mol. The quantitative estimate of drug-likeness (QED) is 0.812. The van der Waals surface area contributed by atoms with Crippen LogP contribution in [0.4, 0.5) is 5.69 Å². The smallest absolute Gasteiger partial charge is 0.328 e. The van der Waals surface area contributed by atoms with Crippen LogP contribution >= 0.6 is 0 Å². The summed E-state index contributed by atoms with van der Waals surface area (Å²) in [6, 6.07) is 7.85. The number of hydrogen-bond acceptors (Lipinski definition) is 3. The van der Waals surface area contributed by atoms with Crippen LogP contribution < -0.4 is 5.32 Å². The third-order valence-electron chi connectivity index (χ3n) is 3.62. The fraction of sp³-hybridized carbons (Fsp3) is 0.533. The third kappa shape index (κ3) is 2.84. The maximum Gasteiger partial charge on any atom is 0.328 e. The van der Waals surface area contributed by atoms with Gasteiger partial charge in [0.1, 0.15) is 6.04 Å². The van der Waals surface area contributed by atoms with Crippen molar-refractivity contribution in [1.82, 2.24) is 0 Å². The number of rotatable bonds is 5. The molecule has 1 aromatic rings. The van der Waals surface area contributed by atoms with Crippen molar-refractivity contribution in [3.8, 4) is 0 Å². The van der Waals surface area contributed by atoms with Gasteiger partial charge in [-0.05, 0) is 44.2 Å². The number of benzene rings is 1. The predicted molar refractivity (Wildman–Crippen MR) is 72.6 cm³/mol. The molecule has 1 aliphatic carbocycles. The van der Waals surface area contributed by atoms with Crippen molar-refractivity contribution < 1.29 is 9.53 Å². The lowest BCUT2D eigenvalue weighted by atomic mass is 9.79. The Morgan fingerprint density at radius 3 is 2.72 bits per heavy atom. The minimum atomic E-state index is -0.195. The van der Waals surface area contributed by atoms with E-state index in [1.165, 1.54) is 6.42 Å². The third-order valence-corrected chi connectivity index (χ3v) is 3.62. The Morgan fingerprint density at radius 1 is 1.44 bits per heavy atom. The summed E-state index contributed by atoms with van der Waals surface area (Å²) >= 11 is 0. The number of carbonyl (C=O) groups is 1. The number of hydrogen-bond donors (Lipinski definition) is 1. The Morgan fingerprint density at radius 2 is 2.17 bits per heavy atom. The van der Waals surface area contributed by atoms with Crippen LogP contribution in [0, 0.1) is 12.8 Å². The van der Waals surface area contributed by atoms with Crippen molar-refractivity contribution in [2.24, 2.45) is 5.92 Å². The lowest BCUT2D eigenvalue weighted by molar-refractivity contribution is -0.146. The molecule has 0 bridgehead atoms. The van der Waals surface area contributed by atoms with Gasteiger partial charge in [0.2, 0.25) is 0 Å². The first-order valence-electron chi connectivity index (χ1n) is 6.71. The lowest BCUT2D eigenvalue weighted by Gasteiger charge is -2.33. The van der Waals surface area contributed by atoms with E-state index < -0.39 is 0 Å². The van der Waals surface area contributed by atoms with E-state index in [-0.39, 0.29) is 12.0 Å². The number of aryl methyl sites for hydroxylation is 1. The van der Waals surface area contributed by atoms with Gasteiger partial charge in [-0.3, -0.25) is 0 Å². The molecular weight excluding hydrogens is 226 g/mol. The van der Waals surface area contributed by atoms with Gasteiger partial charge in [-0.25, -0.2) is 4.79 Å². The standard InChI is InChI=1S/C15H21NO2/c1-3-18-15(17)14(12-8-6-9-12)16-13-10-5-4-7-11(13)2/h4-5,7,10,12,14,16H,3,6,8-9H2,1-2H3. The van der Waals surface area contributed by atoms with Crippen molar-refractivity contribution in [2.45, 2.75) is 39.2 Å². The van der Waals surface area contributed by atoms with Crippen molar-refractivity contribution in [3.63, 3.8) is 0 Å². The summed E-state index contributed by atoms with van der Waals surface area (Å²) in [4.78, 5) is 12.0. The van der Waals surface area contributed by atoms with Gasteiger partial charge in [-0.2, -0.15) is 0 Å². The van der Waals surface area contributed by atoms with Crippen molar-refractivity contribution in [1.29, 1.82) is 0 Å². The van der Waals surface area contributed by atoms with Crippen LogP contribution in [0.15, 0.2) is 24.3 Å². The minimum absolute atomic E-state index is 0.120. The summed E-state index contributed by atoms with van der Waals surface area (Å²) in [7, 11) is 0. The molecule has 3 nitrogen and oxygen atoms in total. The molecule has 0 amide bonds. The molecule has 1 N–H and O–H groups in total. The zero-order valence-corrected chi connectivity index (χ0v) is 11.1. The largest absolute Gasteiger partial charge is 0.464 e. The molecule has 18 heavy (non-hydrogen) atoms. The van der Waals surface area contributed by atoms with Crippen molar-refractivity contribution in [2.75, 3.05) is 11.9 Å². The molecule has 3 heteroatoms. The number of ether oxygens (including phenoxy) is 1. The summed E-state index contributed by atoms with van der Waals surface area (Å²) in [6.45, 7) is 4.34. The minimum Gasteiger partial charge on any atom is -0.464 e. The van der Waals surface area contributed by atoms with Crippen LogP contribution in [0.1, 0.15) is 31.7 Å². The van der Waals surface area contributed by atoms with E-state index in [0.29, 0.717) is 12.5 Å². The van der Waals surface area contributed by atoms with Gasteiger partial charge in [-0.1, -0.05) is 24.6 Å². The molecule has 1 aliphatic rings. The van der Waals surface area contributed by atoms with Gasteiger partial charge >= 0.3 is 5.97 Å². The molecule has 0 aliphatic heterocycles. The molecule has 1 atom stereocenters. The molecule has 0 radical (unpaired) electrons. The molecule has 1 unspecified atom stereocenters. The molecule has 0 spiro atoms. The van der Waals surface area contributed by atoms with Gasteiger partial charge in [0.15, 0.2) is 0 Å². The molecule has 1 aromatic carbocycles. The summed E-state index contributed by atoms with van der Waals surface area (Å²) in [5, 5.41) is 3.36. The Kier molecular flexibility index (Phi) is 4.24. The zero-order chi connectivity index (χ0) is 13.0. The van der Waals surface area contributed by atoms with E-state index in [1.807, 2.05) is 38.1 Å². The van der Waals surface area contributed by atoms with Crippen LogP contribution in [-0.2, 0) is 9.53 Å². The highest BCUT2D eigenvalue weighted by Crippen LogP contribution is 2.32. The van der Waals surface area contributed by atoms with Gasteiger partial charge in [0, 0.05) is 5.69 Å². The second-order valence-electron chi connectivity index (χ2n) is 4.88. The van der Waals surface area contributed by atoms with Crippen LogP contribution in [0.25, 0.3) is 0 Å². The highest BCUT2D eigenvalue weighted by atomic mass is 16.5. The maximum absolute atomic E-state index is 12.0. The summed E-state index contributed by atoms with van der Waals surface area (Å²) in [5.74, 6) is 0.300. The second kappa shape index (κ2) is 5.89. The fourth-order valence-corrected chi connectivity index (χ4v) is 2.28. The summed E-state index contributed by atoms with van der Waals surface area (Å²) in [6.07, 6.45) is 3.45. The molecule has 0 saturated heterocycles. The SMILES string of the molecule is CCOC(=O)C(Nc1ccccc1C)C1CCC1. The Hall–Kier alpha value is -1.51. The van der Waals surface area contributed by atoms with Gasteiger partial charge in [-0.15, -0.1) is 0 Å².